The van der Waals surface area contributed by atoms with Gasteiger partial charge in [-0.05, 0) is 0 Å². The van der Waals surface area contributed by atoms with Gasteiger partial charge in [-0.2, -0.15) is 13.2 Å². The van der Waals surface area contributed by atoms with Crippen molar-refractivity contribution in [3.63, 3.8) is 0 Å². The van der Waals surface area contributed by atoms with Crippen LogP contribution in [0.15, 0.2) is 6.07 Å². The summed E-state index contributed by atoms with van der Waals surface area (Å²) in [6.45, 7) is -1.13. The van der Waals surface area contributed by atoms with E-state index in [9.17, 15) is 13.2 Å². The third-order valence-electron chi connectivity index (χ3n) is 1.87. The Bertz CT molecular complexity index is 385. The predicted octanol–water partition coefficient (Wildman–Crippen LogP) is 1.33. The molecule has 2 N–H and O–H groups in total. The molecule has 0 unspecified atom stereocenters. The van der Waals surface area contributed by atoms with E-state index in [0.717, 1.165) is 0 Å². The molecule has 18 heavy (non-hydrogen) atoms. The molecule has 0 saturated heterocycles. The normalized spacial score (nSPS) is 11.8. The number of nitrogens with two attached hydrogens (primary N) is 1. The topological polar surface area (TPSA) is 70.3 Å². The smallest absolute Gasteiger partial charge is 0.384 e. The van der Waals surface area contributed by atoms with Crippen LogP contribution in [0.4, 0.5) is 19.0 Å². The Morgan fingerprint density at radius 3 is 2.67 bits per heavy atom. The summed E-state index contributed by atoms with van der Waals surface area (Å²) in [6, 6.07) is 1.55. The number of aromatic nitrogens is 2. The third kappa shape index (κ3) is 5.78. The summed E-state index contributed by atoms with van der Waals surface area (Å²) in [6.07, 6.45) is -4.16. The first-order chi connectivity index (χ1) is 8.40. The molecule has 0 fully saturated rings. The van der Waals surface area contributed by atoms with Crippen LogP contribution in [0.1, 0.15) is 11.5 Å². The summed E-state index contributed by atoms with van der Waals surface area (Å²) in [5.41, 5.74) is 6.12. The summed E-state index contributed by atoms with van der Waals surface area (Å²) >= 11 is 0. The molecule has 0 spiro atoms. The van der Waals surface area contributed by atoms with E-state index in [4.69, 9.17) is 10.5 Å². The SMILES string of the molecule is COCc1cc(N)nc(CCOCC(F)(F)F)n1. The molecule has 0 atom stereocenters. The van der Waals surface area contributed by atoms with Crippen LogP contribution < -0.4 is 5.73 Å². The third-order valence-corrected chi connectivity index (χ3v) is 1.87. The average molecular weight is 265 g/mol. The molecule has 0 aliphatic carbocycles. The lowest BCUT2D eigenvalue weighted by Gasteiger charge is -2.08. The Morgan fingerprint density at radius 1 is 1.33 bits per heavy atom. The van der Waals surface area contributed by atoms with Gasteiger partial charge >= 0.3 is 6.18 Å². The van der Waals surface area contributed by atoms with E-state index in [-0.39, 0.29) is 25.5 Å². The molecule has 1 aromatic heterocycles. The molecule has 0 bridgehead atoms. The monoisotopic (exact) mass is 265 g/mol. The summed E-state index contributed by atoms with van der Waals surface area (Å²) in [5.74, 6) is 0.590. The van der Waals surface area contributed by atoms with Crippen LogP contribution in [0.3, 0.4) is 0 Å². The summed E-state index contributed by atoms with van der Waals surface area (Å²) in [7, 11) is 1.50. The number of halogens is 3. The van der Waals surface area contributed by atoms with Gasteiger partial charge in [0.15, 0.2) is 0 Å². The first-order valence-corrected chi connectivity index (χ1v) is 5.16. The lowest BCUT2D eigenvalue weighted by atomic mass is 10.3. The maximum Gasteiger partial charge on any atom is 0.411 e. The van der Waals surface area contributed by atoms with Crippen molar-refractivity contribution < 1.29 is 22.6 Å². The zero-order chi connectivity index (χ0) is 13.6. The van der Waals surface area contributed by atoms with Crippen molar-refractivity contribution in [1.29, 1.82) is 0 Å². The van der Waals surface area contributed by atoms with Crippen LogP contribution in [0.2, 0.25) is 0 Å². The zero-order valence-electron chi connectivity index (χ0n) is 9.83. The van der Waals surface area contributed by atoms with Crippen molar-refractivity contribution in [1.82, 2.24) is 9.97 Å². The largest absolute Gasteiger partial charge is 0.411 e. The lowest BCUT2D eigenvalue weighted by Crippen LogP contribution is -2.18. The highest BCUT2D eigenvalue weighted by Crippen LogP contribution is 2.14. The van der Waals surface area contributed by atoms with E-state index in [1.54, 1.807) is 6.07 Å². The zero-order valence-corrected chi connectivity index (χ0v) is 9.83. The Labute approximate surface area is 102 Å². The average Bonchev–Trinajstić information content (AvgIpc) is 2.23. The van der Waals surface area contributed by atoms with E-state index < -0.39 is 12.8 Å². The number of hydrogen-bond donors (Lipinski definition) is 1. The minimum absolute atomic E-state index is 0.116. The van der Waals surface area contributed by atoms with Gasteiger partial charge in [-0.15, -0.1) is 0 Å². The lowest BCUT2D eigenvalue weighted by molar-refractivity contribution is -0.173. The van der Waals surface area contributed by atoms with Crippen LogP contribution in [0, 0.1) is 0 Å². The van der Waals surface area contributed by atoms with Gasteiger partial charge in [0, 0.05) is 19.6 Å². The fourth-order valence-corrected chi connectivity index (χ4v) is 1.26. The second kappa shape index (κ2) is 6.50. The fourth-order valence-electron chi connectivity index (χ4n) is 1.26. The summed E-state index contributed by atoms with van der Waals surface area (Å²) in [5, 5.41) is 0. The minimum Gasteiger partial charge on any atom is -0.384 e. The van der Waals surface area contributed by atoms with Crippen molar-refractivity contribution in [2.24, 2.45) is 0 Å². The molecule has 5 nitrogen and oxygen atoms in total. The number of alkyl halides is 3. The molecule has 8 heteroatoms. The van der Waals surface area contributed by atoms with Crippen molar-refractivity contribution in [3.05, 3.63) is 17.6 Å². The minimum atomic E-state index is -4.32. The van der Waals surface area contributed by atoms with E-state index in [1.807, 2.05) is 0 Å². The molecule has 0 saturated carbocycles. The number of hydrogen-bond acceptors (Lipinski definition) is 5. The Morgan fingerprint density at radius 2 is 2.06 bits per heavy atom. The number of nitrogens with zero attached hydrogens (tertiary/aromatic N) is 2. The van der Waals surface area contributed by atoms with Gasteiger partial charge in [-0.3, -0.25) is 0 Å². The van der Waals surface area contributed by atoms with Crippen LogP contribution in [-0.2, 0) is 22.5 Å². The molecule has 1 aromatic rings. The first kappa shape index (κ1) is 14.7. The number of nitrogen functional groups attached to an aromatic ring is 1. The standard InChI is InChI=1S/C10H14F3N3O2/c1-17-5-7-4-8(14)16-9(15-7)2-3-18-6-10(11,12)13/h4H,2-3,5-6H2,1H3,(H2,14,15,16). The summed E-state index contributed by atoms with van der Waals surface area (Å²) < 4.78 is 44.8. The van der Waals surface area contributed by atoms with E-state index >= 15 is 0 Å². The molecule has 0 amide bonds. The van der Waals surface area contributed by atoms with Gasteiger partial charge in [-0.1, -0.05) is 0 Å². The van der Waals surface area contributed by atoms with Gasteiger partial charge in [0.2, 0.25) is 0 Å². The molecular formula is C10H14F3N3O2. The molecule has 1 heterocycles. The second-order valence-corrected chi connectivity index (χ2v) is 3.55. The quantitative estimate of drug-likeness (QED) is 0.786. The van der Waals surface area contributed by atoms with Crippen LogP contribution in [-0.4, -0.2) is 36.5 Å². The Kier molecular flexibility index (Phi) is 5.29. The molecule has 1 rings (SSSR count). The van der Waals surface area contributed by atoms with Crippen molar-refractivity contribution >= 4 is 5.82 Å². The second-order valence-electron chi connectivity index (χ2n) is 3.55. The summed E-state index contributed by atoms with van der Waals surface area (Å²) in [4.78, 5) is 7.98. The van der Waals surface area contributed by atoms with Gasteiger partial charge in [-0.25, -0.2) is 9.97 Å². The number of methoxy groups -OCH3 is 1. The highest BCUT2D eigenvalue weighted by molar-refractivity contribution is 5.29. The Hall–Kier alpha value is -1.41. The predicted molar refractivity (Wildman–Crippen MR) is 57.7 cm³/mol. The maximum absolute atomic E-state index is 11.8. The molecule has 0 aliphatic rings. The molecule has 102 valence electrons. The van der Waals surface area contributed by atoms with E-state index in [1.165, 1.54) is 7.11 Å². The van der Waals surface area contributed by atoms with Crippen LogP contribution in [0.25, 0.3) is 0 Å². The van der Waals surface area contributed by atoms with Gasteiger partial charge < -0.3 is 15.2 Å². The maximum atomic E-state index is 11.8. The Balaban J connectivity index is 2.46. The number of rotatable bonds is 6. The highest BCUT2D eigenvalue weighted by atomic mass is 19.4. The molecule has 0 aliphatic heterocycles. The highest BCUT2D eigenvalue weighted by Gasteiger charge is 2.27. The molecule has 0 aromatic carbocycles. The van der Waals surface area contributed by atoms with Gasteiger partial charge in [0.25, 0.3) is 0 Å². The first-order valence-electron chi connectivity index (χ1n) is 5.16. The van der Waals surface area contributed by atoms with E-state index in [2.05, 4.69) is 14.7 Å². The number of ether oxygens (including phenoxy) is 2. The molecule has 0 radical (unpaired) electrons. The van der Waals surface area contributed by atoms with E-state index in [0.29, 0.717) is 11.5 Å². The van der Waals surface area contributed by atoms with Gasteiger partial charge in [0.05, 0.1) is 18.9 Å². The van der Waals surface area contributed by atoms with Crippen molar-refractivity contribution in [3.8, 4) is 0 Å². The van der Waals surface area contributed by atoms with Crippen molar-refractivity contribution in [2.45, 2.75) is 19.2 Å². The van der Waals surface area contributed by atoms with Crippen LogP contribution >= 0.6 is 0 Å². The van der Waals surface area contributed by atoms with Crippen LogP contribution in [0.5, 0.6) is 0 Å². The van der Waals surface area contributed by atoms with Gasteiger partial charge in [0.1, 0.15) is 18.2 Å². The van der Waals surface area contributed by atoms with Crippen molar-refractivity contribution in [2.75, 3.05) is 26.1 Å². The molecular weight excluding hydrogens is 251 g/mol. The number of anilines is 1. The fraction of sp³-hybridized carbons (Fsp3) is 0.600.